The van der Waals surface area contributed by atoms with Crippen LogP contribution < -0.4 is 0 Å². The van der Waals surface area contributed by atoms with Crippen molar-refractivity contribution in [1.82, 2.24) is 4.90 Å². The number of hydrogen-bond acceptors (Lipinski definition) is 3. The number of allylic oxidation sites excluding steroid dienone is 2. The minimum Gasteiger partial charge on any atom is -0.379 e. The van der Waals surface area contributed by atoms with E-state index in [2.05, 4.69) is 38.7 Å². The van der Waals surface area contributed by atoms with E-state index in [1.54, 1.807) is 0 Å². The van der Waals surface area contributed by atoms with Gasteiger partial charge in [-0.15, -0.1) is 0 Å². The first-order valence-electron chi connectivity index (χ1n) is 9.06. The number of ether oxygens (including phenoxy) is 2. The lowest BCUT2D eigenvalue weighted by molar-refractivity contribution is -0.137. The molecule has 2 saturated heterocycles. The zero-order valence-electron chi connectivity index (χ0n) is 15.0. The van der Waals surface area contributed by atoms with Crippen molar-refractivity contribution >= 4 is 5.91 Å². The summed E-state index contributed by atoms with van der Waals surface area (Å²) in [4.78, 5) is 14.9. The van der Waals surface area contributed by atoms with Crippen LogP contribution in [0.1, 0.15) is 47.0 Å². The predicted octanol–water partition coefficient (Wildman–Crippen LogP) is 3.02. The highest BCUT2D eigenvalue weighted by Crippen LogP contribution is 2.60. The zero-order valence-corrected chi connectivity index (χ0v) is 15.0. The summed E-state index contributed by atoms with van der Waals surface area (Å²) in [5.41, 5.74) is 1.42. The normalized spacial score (nSPS) is 33.6. The third kappa shape index (κ3) is 3.63. The molecule has 0 aromatic carbocycles. The van der Waals surface area contributed by atoms with Crippen LogP contribution in [-0.2, 0) is 14.3 Å². The predicted molar refractivity (Wildman–Crippen MR) is 90.1 cm³/mol. The van der Waals surface area contributed by atoms with Gasteiger partial charge in [-0.3, -0.25) is 4.79 Å². The van der Waals surface area contributed by atoms with Gasteiger partial charge in [-0.2, -0.15) is 0 Å². The average molecular weight is 321 g/mol. The fourth-order valence-corrected chi connectivity index (χ4v) is 4.12. The summed E-state index contributed by atoms with van der Waals surface area (Å²) >= 11 is 0. The van der Waals surface area contributed by atoms with E-state index in [0.29, 0.717) is 17.9 Å². The van der Waals surface area contributed by atoms with Crippen LogP contribution in [0.4, 0.5) is 0 Å². The molecule has 4 heteroatoms. The summed E-state index contributed by atoms with van der Waals surface area (Å²) in [5, 5.41) is 0. The SMILES string of the molecule is CC(C)=C[C@@H]1[C@@H](C(=O)N2CCC(O[C@H]3CCOC3)CC2)C1(C)C. The summed E-state index contributed by atoms with van der Waals surface area (Å²) < 4.78 is 11.5. The molecule has 1 saturated carbocycles. The molecule has 0 aromatic rings. The summed E-state index contributed by atoms with van der Waals surface area (Å²) in [6.45, 7) is 11.9. The summed E-state index contributed by atoms with van der Waals surface area (Å²) in [5.74, 6) is 0.919. The van der Waals surface area contributed by atoms with E-state index < -0.39 is 0 Å². The molecule has 0 radical (unpaired) electrons. The second-order valence-corrected chi connectivity index (χ2v) is 8.22. The molecule has 130 valence electrons. The first-order valence-corrected chi connectivity index (χ1v) is 9.06. The molecule has 0 bridgehead atoms. The summed E-state index contributed by atoms with van der Waals surface area (Å²) in [6.07, 6.45) is 5.78. The summed E-state index contributed by atoms with van der Waals surface area (Å²) in [6, 6.07) is 0. The molecule has 3 aliphatic rings. The Balaban J connectivity index is 1.49. The fraction of sp³-hybridized carbons (Fsp3) is 0.842. The van der Waals surface area contributed by atoms with Gasteiger partial charge in [-0.05, 0) is 44.4 Å². The van der Waals surface area contributed by atoms with Crippen molar-refractivity contribution in [3.63, 3.8) is 0 Å². The lowest BCUT2D eigenvalue weighted by Gasteiger charge is -2.33. The maximum absolute atomic E-state index is 12.9. The maximum Gasteiger partial charge on any atom is 0.226 e. The minimum atomic E-state index is 0.114. The van der Waals surface area contributed by atoms with Gasteiger partial charge < -0.3 is 14.4 Å². The number of nitrogens with zero attached hydrogens (tertiary/aromatic N) is 1. The largest absolute Gasteiger partial charge is 0.379 e. The number of rotatable bonds is 4. The third-order valence-electron chi connectivity index (χ3n) is 5.72. The highest BCUT2D eigenvalue weighted by molar-refractivity contribution is 5.84. The van der Waals surface area contributed by atoms with Crippen LogP contribution in [0.5, 0.6) is 0 Å². The van der Waals surface area contributed by atoms with Crippen molar-refractivity contribution in [2.24, 2.45) is 17.3 Å². The van der Waals surface area contributed by atoms with Crippen molar-refractivity contribution in [2.75, 3.05) is 26.3 Å². The molecule has 4 nitrogen and oxygen atoms in total. The van der Waals surface area contributed by atoms with Gasteiger partial charge >= 0.3 is 0 Å². The van der Waals surface area contributed by atoms with Crippen LogP contribution in [0, 0.1) is 17.3 Å². The zero-order chi connectivity index (χ0) is 16.6. The van der Waals surface area contributed by atoms with E-state index in [1.807, 2.05) is 0 Å². The number of amides is 1. The highest BCUT2D eigenvalue weighted by Gasteiger charge is 2.61. The van der Waals surface area contributed by atoms with E-state index in [1.165, 1.54) is 5.57 Å². The Morgan fingerprint density at radius 3 is 2.43 bits per heavy atom. The molecule has 2 aliphatic heterocycles. The Hall–Kier alpha value is -0.870. The van der Waals surface area contributed by atoms with Gasteiger partial charge in [0.25, 0.3) is 0 Å². The van der Waals surface area contributed by atoms with Crippen LogP contribution in [0.25, 0.3) is 0 Å². The fourth-order valence-electron chi connectivity index (χ4n) is 4.12. The van der Waals surface area contributed by atoms with Crippen molar-refractivity contribution in [1.29, 1.82) is 0 Å². The molecule has 0 spiro atoms. The summed E-state index contributed by atoms with van der Waals surface area (Å²) in [7, 11) is 0. The van der Waals surface area contributed by atoms with Crippen molar-refractivity contribution in [3.05, 3.63) is 11.6 Å². The van der Waals surface area contributed by atoms with Gasteiger partial charge in [0, 0.05) is 19.7 Å². The number of hydrogen-bond donors (Lipinski definition) is 0. The second-order valence-electron chi connectivity index (χ2n) is 8.22. The molecular formula is C19H31NO3. The maximum atomic E-state index is 12.9. The second kappa shape index (κ2) is 6.56. The van der Waals surface area contributed by atoms with Crippen molar-refractivity contribution in [2.45, 2.75) is 59.2 Å². The quantitative estimate of drug-likeness (QED) is 0.747. The smallest absolute Gasteiger partial charge is 0.226 e. The third-order valence-corrected chi connectivity index (χ3v) is 5.72. The van der Waals surface area contributed by atoms with Gasteiger partial charge in [0.05, 0.1) is 24.7 Å². The standard InChI is InChI=1S/C19H31NO3/c1-13(2)11-16-17(19(16,3)4)18(21)20-8-5-14(6-9-20)23-15-7-10-22-12-15/h11,14-17H,5-10,12H2,1-4H3/t15-,16+,17-/m0/s1. The van der Waals surface area contributed by atoms with Gasteiger partial charge in [0.1, 0.15) is 0 Å². The van der Waals surface area contributed by atoms with Gasteiger partial charge in [0.2, 0.25) is 5.91 Å². The van der Waals surface area contributed by atoms with Crippen LogP contribution in [0.3, 0.4) is 0 Å². The lowest BCUT2D eigenvalue weighted by Crippen LogP contribution is -2.43. The van der Waals surface area contributed by atoms with Crippen LogP contribution >= 0.6 is 0 Å². The van der Waals surface area contributed by atoms with Crippen LogP contribution in [0.2, 0.25) is 0 Å². The number of carbonyl (C=O) groups is 1. The van der Waals surface area contributed by atoms with Gasteiger partial charge in [-0.25, -0.2) is 0 Å². The van der Waals surface area contributed by atoms with Gasteiger partial charge in [-0.1, -0.05) is 25.5 Å². The Kier molecular flexibility index (Phi) is 4.84. The molecular weight excluding hydrogens is 290 g/mol. The first kappa shape index (κ1) is 17.0. The van der Waals surface area contributed by atoms with Crippen LogP contribution in [0.15, 0.2) is 11.6 Å². The van der Waals surface area contributed by atoms with Crippen molar-refractivity contribution in [3.8, 4) is 0 Å². The number of piperidine rings is 1. The van der Waals surface area contributed by atoms with E-state index in [-0.39, 0.29) is 17.4 Å². The highest BCUT2D eigenvalue weighted by atomic mass is 16.5. The average Bonchev–Trinajstić information content (AvgIpc) is 2.86. The van der Waals surface area contributed by atoms with Gasteiger partial charge in [0.15, 0.2) is 0 Å². The monoisotopic (exact) mass is 321 g/mol. The molecule has 0 aromatic heterocycles. The van der Waals surface area contributed by atoms with Crippen LogP contribution in [-0.4, -0.2) is 49.3 Å². The topological polar surface area (TPSA) is 38.8 Å². The number of likely N-dealkylation sites (tertiary alicyclic amines) is 1. The molecule has 0 unspecified atom stereocenters. The number of carbonyl (C=O) groups excluding carboxylic acids is 1. The van der Waals surface area contributed by atoms with E-state index >= 15 is 0 Å². The first-order chi connectivity index (χ1) is 10.9. The Bertz CT molecular complexity index is 467. The van der Waals surface area contributed by atoms with E-state index in [4.69, 9.17) is 9.47 Å². The molecule has 23 heavy (non-hydrogen) atoms. The molecule has 1 amide bonds. The Morgan fingerprint density at radius 1 is 1.17 bits per heavy atom. The van der Waals surface area contributed by atoms with E-state index in [9.17, 15) is 4.79 Å². The van der Waals surface area contributed by atoms with E-state index in [0.717, 1.165) is 45.6 Å². The molecule has 0 N–H and O–H groups in total. The van der Waals surface area contributed by atoms with Crippen molar-refractivity contribution < 1.29 is 14.3 Å². The lowest BCUT2D eigenvalue weighted by atomic mass is 10.0. The minimum absolute atomic E-state index is 0.114. The molecule has 3 fully saturated rings. The Labute approximate surface area is 140 Å². The molecule has 3 rings (SSSR count). The molecule has 1 aliphatic carbocycles. The molecule has 2 heterocycles. The Morgan fingerprint density at radius 2 is 1.87 bits per heavy atom. The molecule has 3 atom stereocenters.